The first-order chi connectivity index (χ1) is 17.5. The van der Waals surface area contributed by atoms with Crippen LogP contribution in [0.4, 0.5) is 0 Å². The van der Waals surface area contributed by atoms with E-state index >= 15 is 0 Å². The molecule has 4 nitrogen and oxygen atoms in total. The highest BCUT2D eigenvalue weighted by Gasteiger charge is 2.16. The summed E-state index contributed by atoms with van der Waals surface area (Å²) in [6.07, 6.45) is 7.54. The number of ether oxygens (including phenoxy) is 1. The van der Waals surface area contributed by atoms with Crippen LogP contribution in [0.3, 0.4) is 0 Å². The summed E-state index contributed by atoms with van der Waals surface area (Å²) in [5.41, 5.74) is 3.05. The van der Waals surface area contributed by atoms with Crippen LogP contribution in [0.25, 0.3) is 32.7 Å². The summed E-state index contributed by atoms with van der Waals surface area (Å²) in [6, 6.07) is 21.5. The number of hydrogen-bond donors (Lipinski definition) is 2. The van der Waals surface area contributed by atoms with Crippen LogP contribution in [0.15, 0.2) is 78.9 Å². The Balaban J connectivity index is 1.38. The Morgan fingerprint density at radius 1 is 0.750 bits per heavy atom. The molecule has 0 radical (unpaired) electrons. The van der Waals surface area contributed by atoms with Gasteiger partial charge < -0.3 is 14.9 Å². The summed E-state index contributed by atoms with van der Waals surface area (Å²) in [4.78, 5) is 11.4. The molecule has 0 saturated carbocycles. The van der Waals surface area contributed by atoms with E-state index in [9.17, 15) is 15.0 Å². The molecule has 0 bridgehead atoms. The Kier molecular flexibility index (Phi) is 8.27. The predicted octanol–water partition coefficient (Wildman–Crippen LogP) is 8.07. The van der Waals surface area contributed by atoms with E-state index in [-0.39, 0.29) is 17.5 Å². The largest absolute Gasteiger partial charge is 0.507 e. The van der Waals surface area contributed by atoms with Gasteiger partial charge in [-0.05, 0) is 65.4 Å². The maximum absolute atomic E-state index is 11.4. The third-order valence-electron chi connectivity index (χ3n) is 6.66. The van der Waals surface area contributed by atoms with Crippen LogP contribution in [0.1, 0.15) is 51.0 Å². The van der Waals surface area contributed by atoms with Gasteiger partial charge in [-0.25, -0.2) is 4.79 Å². The Morgan fingerprint density at radius 3 is 2.08 bits per heavy atom. The second kappa shape index (κ2) is 11.8. The molecule has 0 aromatic heterocycles. The topological polar surface area (TPSA) is 66.8 Å². The molecule has 0 aliphatic heterocycles. The van der Waals surface area contributed by atoms with Gasteiger partial charge in [-0.2, -0.15) is 0 Å². The van der Waals surface area contributed by atoms with Crippen LogP contribution >= 0.6 is 0 Å². The van der Waals surface area contributed by atoms with E-state index in [1.54, 1.807) is 19.1 Å². The maximum atomic E-state index is 11.4. The molecule has 2 N–H and O–H groups in total. The number of aromatic hydroxyl groups is 2. The van der Waals surface area contributed by atoms with Crippen LogP contribution < -0.4 is 0 Å². The molecular weight excluding hydrogens is 448 g/mol. The lowest BCUT2D eigenvalue weighted by molar-refractivity contribution is -0.139. The number of aryl methyl sites for hydroxylation is 1. The summed E-state index contributed by atoms with van der Waals surface area (Å²) < 4.78 is 5.13. The van der Waals surface area contributed by atoms with Crippen molar-refractivity contribution < 1.29 is 19.7 Å². The summed E-state index contributed by atoms with van der Waals surface area (Å²) in [5, 5.41) is 25.5. The number of fused-ring (bicyclic) bond motifs is 2. The number of rotatable bonds is 11. The van der Waals surface area contributed by atoms with Gasteiger partial charge in [0.15, 0.2) is 0 Å². The fraction of sp³-hybridized carbons (Fsp3) is 0.281. The van der Waals surface area contributed by atoms with Gasteiger partial charge in [-0.1, -0.05) is 86.9 Å². The summed E-state index contributed by atoms with van der Waals surface area (Å²) >= 11 is 0. The number of hydrogen-bond acceptors (Lipinski definition) is 4. The van der Waals surface area contributed by atoms with Gasteiger partial charge in [0.2, 0.25) is 0 Å². The molecule has 0 saturated heterocycles. The lowest BCUT2D eigenvalue weighted by atomic mass is 9.91. The lowest BCUT2D eigenvalue weighted by Gasteiger charge is -2.15. The summed E-state index contributed by atoms with van der Waals surface area (Å²) in [7, 11) is 0. The molecule has 4 aromatic rings. The van der Waals surface area contributed by atoms with Gasteiger partial charge in [0.1, 0.15) is 11.5 Å². The van der Waals surface area contributed by atoms with E-state index in [0.717, 1.165) is 60.1 Å². The zero-order valence-electron chi connectivity index (χ0n) is 20.9. The Hall–Kier alpha value is -3.79. The van der Waals surface area contributed by atoms with Gasteiger partial charge in [0.05, 0.1) is 6.61 Å². The number of benzene rings is 4. The lowest BCUT2D eigenvalue weighted by Crippen LogP contribution is -2.05. The smallest absolute Gasteiger partial charge is 0.333 e. The van der Waals surface area contributed by atoms with Gasteiger partial charge in [0, 0.05) is 16.7 Å². The first-order valence-corrected chi connectivity index (χ1v) is 12.7. The Labute approximate surface area is 212 Å². The van der Waals surface area contributed by atoms with Crippen molar-refractivity contribution in [2.45, 2.75) is 51.9 Å². The molecule has 186 valence electrons. The van der Waals surface area contributed by atoms with Gasteiger partial charge in [-0.15, -0.1) is 0 Å². The predicted molar refractivity (Wildman–Crippen MR) is 147 cm³/mol. The van der Waals surface area contributed by atoms with E-state index in [4.69, 9.17) is 4.74 Å². The minimum Gasteiger partial charge on any atom is -0.507 e. The molecule has 0 atom stereocenters. The quantitative estimate of drug-likeness (QED) is 0.129. The Bertz CT molecular complexity index is 1390. The monoisotopic (exact) mass is 482 g/mol. The van der Waals surface area contributed by atoms with Crippen molar-refractivity contribution in [3.8, 4) is 22.6 Å². The van der Waals surface area contributed by atoms with E-state index < -0.39 is 0 Å². The van der Waals surface area contributed by atoms with E-state index in [2.05, 4.69) is 24.8 Å². The minimum atomic E-state index is -0.304. The number of carbonyl (C=O) groups excluding carboxylic acids is 1. The molecule has 0 heterocycles. The molecular formula is C32H34O4. The fourth-order valence-corrected chi connectivity index (χ4v) is 4.74. The number of phenolic OH excluding ortho intramolecular Hbond substituents is 2. The van der Waals surface area contributed by atoms with Crippen molar-refractivity contribution in [3.63, 3.8) is 0 Å². The molecule has 0 unspecified atom stereocenters. The second-order valence-corrected chi connectivity index (χ2v) is 9.48. The number of unbranched alkanes of at least 4 members (excludes halogenated alkanes) is 5. The zero-order chi connectivity index (χ0) is 25.5. The normalized spacial score (nSPS) is 11.1. The summed E-state index contributed by atoms with van der Waals surface area (Å²) in [5.74, 6) is 0.0208. The van der Waals surface area contributed by atoms with Crippen LogP contribution in [-0.2, 0) is 16.0 Å². The molecule has 0 aliphatic rings. The third-order valence-corrected chi connectivity index (χ3v) is 6.66. The second-order valence-electron chi connectivity index (χ2n) is 9.48. The van der Waals surface area contributed by atoms with E-state index in [1.807, 2.05) is 36.4 Å². The fourth-order valence-electron chi connectivity index (χ4n) is 4.74. The van der Waals surface area contributed by atoms with Crippen LogP contribution in [0, 0.1) is 0 Å². The van der Waals surface area contributed by atoms with Crippen molar-refractivity contribution in [2.24, 2.45) is 0 Å². The first-order valence-electron chi connectivity index (χ1n) is 12.7. The van der Waals surface area contributed by atoms with Gasteiger partial charge >= 0.3 is 5.97 Å². The highest BCUT2D eigenvalue weighted by Crippen LogP contribution is 2.44. The van der Waals surface area contributed by atoms with Gasteiger partial charge in [0.25, 0.3) is 0 Å². The molecule has 4 heteroatoms. The summed E-state index contributed by atoms with van der Waals surface area (Å²) in [6.45, 7) is 5.72. The number of carbonyl (C=O) groups is 1. The molecule has 4 rings (SSSR count). The third kappa shape index (κ3) is 5.88. The zero-order valence-corrected chi connectivity index (χ0v) is 20.9. The molecule has 0 fully saturated rings. The minimum absolute atomic E-state index is 0.162. The van der Waals surface area contributed by atoms with Crippen LogP contribution in [0.5, 0.6) is 11.5 Å². The van der Waals surface area contributed by atoms with E-state index in [1.165, 1.54) is 12.0 Å². The van der Waals surface area contributed by atoms with Crippen molar-refractivity contribution in [1.29, 1.82) is 0 Å². The average molecular weight is 483 g/mol. The molecule has 4 aromatic carbocycles. The van der Waals surface area contributed by atoms with Crippen molar-refractivity contribution >= 4 is 27.5 Å². The van der Waals surface area contributed by atoms with Crippen LogP contribution in [0.2, 0.25) is 0 Å². The standard InChI is InChI=1S/C32H34O4/c1-22(2)32(35)36-20-10-6-4-3-5-7-11-23-14-17-27-25(21-23)16-19-29(34)31(27)30-26-13-9-8-12-24(26)15-18-28(30)33/h8-9,12-19,21,33-34H,1,3-7,10-11,20H2,2H3. The van der Waals surface area contributed by atoms with Crippen LogP contribution in [-0.4, -0.2) is 22.8 Å². The van der Waals surface area contributed by atoms with Crippen molar-refractivity contribution in [2.75, 3.05) is 6.61 Å². The number of phenols is 2. The average Bonchev–Trinajstić information content (AvgIpc) is 2.88. The van der Waals surface area contributed by atoms with E-state index in [0.29, 0.717) is 23.3 Å². The SMILES string of the molecule is C=C(C)C(=O)OCCCCCCCCc1ccc2c(-c3c(O)ccc4ccccc34)c(O)ccc2c1. The molecule has 0 aliphatic carbocycles. The number of esters is 1. The highest BCUT2D eigenvalue weighted by molar-refractivity contribution is 6.09. The Morgan fingerprint density at radius 2 is 1.36 bits per heavy atom. The van der Waals surface area contributed by atoms with Crippen molar-refractivity contribution in [3.05, 3.63) is 84.4 Å². The van der Waals surface area contributed by atoms with Gasteiger partial charge in [-0.3, -0.25) is 0 Å². The molecule has 0 spiro atoms. The molecule has 0 amide bonds. The van der Waals surface area contributed by atoms with Crippen molar-refractivity contribution in [1.82, 2.24) is 0 Å². The maximum Gasteiger partial charge on any atom is 0.333 e. The molecule has 36 heavy (non-hydrogen) atoms. The first kappa shape index (κ1) is 25.3. The highest BCUT2D eigenvalue weighted by atomic mass is 16.5.